The summed E-state index contributed by atoms with van der Waals surface area (Å²) in [5, 5.41) is 2.73. The number of quaternary nitrogens is 1. The van der Waals surface area contributed by atoms with Crippen molar-refractivity contribution in [2.45, 2.75) is 11.1 Å². The molecular formula is C20H22ClF3N3O4S+. The molecule has 0 radical (unpaired) electrons. The predicted octanol–water partition coefficient (Wildman–Crippen LogP) is 1.90. The van der Waals surface area contributed by atoms with Crippen LogP contribution in [0.15, 0.2) is 47.4 Å². The van der Waals surface area contributed by atoms with Gasteiger partial charge in [-0.1, -0.05) is 17.7 Å². The summed E-state index contributed by atoms with van der Waals surface area (Å²) in [6.45, 7) is 1.06. The van der Waals surface area contributed by atoms with Crippen LogP contribution in [0.3, 0.4) is 0 Å². The van der Waals surface area contributed by atoms with Crippen LogP contribution in [-0.2, 0) is 21.0 Å². The smallest absolute Gasteiger partial charge is 0.416 e. The molecule has 1 amide bonds. The van der Waals surface area contributed by atoms with E-state index in [0.29, 0.717) is 13.1 Å². The summed E-state index contributed by atoms with van der Waals surface area (Å²) < 4.78 is 70.9. The second-order valence-corrected chi connectivity index (χ2v) is 9.60. The van der Waals surface area contributed by atoms with Gasteiger partial charge in [0, 0.05) is 10.7 Å². The number of hydrogen-bond donors (Lipinski definition) is 2. The van der Waals surface area contributed by atoms with E-state index in [4.69, 9.17) is 16.3 Å². The summed E-state index contributed by atoms with van der Waals surface area (Å²) in [6.07, 6.45) is -4.50. The maximum Gasteiger partial charge on any atom is 0.416 e. The molecule has 0 atom stereocenters. The Hall–Kier alpha value is -2.34. The van der Waals surface area contributed by atoms with E-state index in [1.165, 1.54) is 41.7 Å². The van der Waals surface area contributed by atoms with Crippen molar-refractivity contribution < 1.29 is 36.0 Å². The molecule has 0 bridgehead atoms. The Morgan fingerprint density at radius 3 is 2.50 bits per heavy atom. The number of alkyl halides is 3. The predicted molar refractivity (Wildman–Crippen MR) is 112 cm³/mol. The van der Waals surface area contributed by atoms with Crippen LogP contribution in [0.4, 0.5) is 18.9 Å². The van der Waals surface area contributed by atoms with Gasteiger partial charge in [-0.15, -0.1) is 0 Å². The van der Waals surface area contributed by atoms with Crippen molar-refractivity contribution in [2.24, 2.45) is 0 Å². The van der Waals surface area contributed by atoms with Crippen molar-refractivity contribution in [2.75, 3.05) is 45.2 Å². The number of nitrogens with zero attached hydrogens (tertiary/aromatic N) is 1. The molecule has 1 saturated heterocycles. The minimum atomic E-state index is -4.50. The number of amides is 1. The number of anilines is 1. The number of halogens is 4. The normalized spacial score (nSPS) is 16.0. The van der Waals surface area contributed by atoms with Crippen molar-refractivity contribution in [3.63, 3.8) is 0 Å². The van der Waals surface area contributed by atoms with E-state index in [9.17, 15) is 26.4 Å². The SMILES string of the molecule is COc1ccc(Cl)cc1S(=O)(=O)N1CC[NH+](CC(=O)Nc2cccc(C(F)(F)F)c2)CC1. The van der Waals surface area contributed by atoms with Crippen LogP contribution in [0.1, 0.15) is 5.56 Å². The maximum atomic E-state index is 13.0. The second-order valence-electron chi connectivity index (χ2n) is 7.25. The molecule has 1 fully saturated rings. The Morgan fingerprint density at radius 1 is 1.19 bits per heavy atom. The lowest BCUT2D eigenvalue weighted by molar-refractivity contribution is -0.895. The number of hydrogen-bond acceptors (Lipinski definition) is 4. The standard InChI is InChI=1S/C20H21ClF3N3O4S/c1-31-17-6-5-15(21)12-18(17)32(29,30)27-9-7-26(8-10-27)13-19(28)25-16-4-2-3-14(11-16)20(22,23)24/h2-6,11-12H,7-10,13H2,1H3,(H,25,28)/p+1. The van der Waals surface area contributed by atoms with Gasteiger partial charge in [0.15, 0.2) is 6.54 Å². The van der Waals surface area contributed by atoms with Crippen LogP contribution >= 0.6 is 11.6 Å². The van der Waals surface area contributed by atoms with E-state index < -0.39 is 27.7 Å². The molecule has 0 unspecified atom stereocenters. The average Bonchev–Trinajstić information content (AvgIpc) is 2.73. The third-order valence-corrected chi connectivity index (χ3v) is 7.21. The zero-order valence-electron chi connectivity index (χ0n) is 17.1. The molecule has 2 N–H and O–H groups in total. The fourth-order valence-electron chi connectivity index (χ4n) is 3.42. The van der Waals surface area contributed by atoms with Gasteiger partial charge in [-0.05, 0) is 36.4 Å². The van der Waals surface area contributed by atoms with Crippen molar-refractivity contribution in [1.82, 2.24) is 4.31 Å². The second kappa shape index (κ2) is 9.65. The van der Waals surface area contributed by atoms with Gasteiger partial charge >= 0.3 is 6.18 Å². The molecule has 7 nitrogen and oxygen atoms in total. The molecule has 1 aliphatic heterocycles. The highest BCUT2D eigenvalue weighted by molar-refractivity contribution is 7.89. The van der Waals surface area contributed by atoms with E-state index in [1.807, 2.05) is 0 Å². The zero-order valence-corrected chi connectivity index (χ0v) is 18.6. The van der Waals surface area contributed by atoms with Gasteiger partial charge < -0.3 is 15.0 Å². The number of rotatable bonds is 6. The van der Waals surface area contributed by atoms with Gasteiger partial charge in [0.05, 0.1) is 38.9 Å². The van der Waals surface area contributed by atoms with Crippen LogP contribution in [0.5, 0.6) is 5.75 Å². The first-order chi connectivity index (χ1) is 15.0. The number of ether oxygens (including phenoxy) is 1. The molecule has 2 aromatic carbocycles. The van der Waals surface area contributed by atoms with E-state index >= 15 is 0 Å². The van der Waals surface area contributed by atoms with Crippen molar-refractivity contribution in [3.05, 3.63) is 53.1 Å². The molecule has 3 rings (SSSR count). The molecule has 0 aromatic heterocycles. The number of piperazine rings is 1. The van der Waals surface area contributed by atoms with Crippen LogP contribution in [0.25, 0.3) is 0 Å². The van der Waals surface area contributed by atoms with Crippen LogP contribution < -0.4 is 15.0 Å². The quantitative estimate of drug-likeness (QED) is 0.645. The summed E-state index contributed by atoms with van der Waals surface area (Å²) in [5.74, 6) is -0.267. The van der Waals surface area contributed by atoms with Gasteiger partial charge in [0.25, 0.3) is 5.91 Å². The molecule has 32 heavy (non-hydrogen) atoms. The van der Waals surface area contributed by atoms with Crippen molar-refractivity contribution in [3.8, 4) is 5.75 Å². The van der Waals surface area contributed by atoms with E-state index in [1.54, 1.807) is 0 Å². The van der Waals surface area contributed by atoms with E-state index in [0.717, 1.165) is 17.0 Å². The van der Waals surface area contributed by atoms with E-state index in [2.05, 4.69) is 5.32 Å². The Labute approximate surface area is 188 Å². The minimum absolute atomic E-state index is 0.00458. The van der Waals surface area contributed by atoms with Gasteiger partial charge in [0.2, 0.25) is 10.0 Å². The lowest BCUT2D eigenvalue weighted by Crippen LogP contribution is -3.15. The lowest BCUT2D eigenvalue weighted by Gasteiger charge is -2.31. The Kier molecular flexibility index (Phi) is 7.33. The molecule has 12 heteroatoms. The molecule has 1 heterocycles. The first-order valence-electron chi connectivity index (χ1n) is 9.65. The average molecular weight is 493 g/mol. The van der Waals surface area contributed by atoms with Crippen LogP contribution in [0.2, 0.25) is 5.02 Å². The van der Waals surface area contributed by atoms with Crippen molar-refractivity contribution in [1.29, 1.82) is 0 Å². The first-order valence-corrected chi connectivity index (χ1v) is 11.5. The molecule has 0 saturated carbocycles. The number of nitrogens with one attached hydrogen (secondary N) is 2. The third-order valence-electron chi connectivity index (χ3n) is 5.06. The highest BCUT2D eigenvalue weighted by atomic mass is 35.5. The van der Waals surface area contributed by atoms with Crippen LogP contribution in [-0.4, -0.2) is 58.5 Å². The summed E-state index contributed by atoms with van der Waals surface area (Å²) in [4.78, 5) is 13.1. The Balaban J connectivity index is 1.59. The lowest BCUT2D eigenvalue weighted by atomic mass is 10.2. The zero-order chi connectivity index (χ0) is 23.5. The highest BCUT2D eigenvalue weighted by Crippen LogP contribution is 2.31. The number of carbonyl (C=O) groups excluding carboxylic acids is 1. The van der Waals surface area contributed by atoms with Crippen LogP contribution in [0, 0.1) is 0 Å². The van der Waals surface area contributed by atoms with Gasteiger partial charge in [-0.25, -0.2) is 8.42 Å². The highest BCUT2D eigenvalue weighted by Gasteiger charge is 2.33. The number of benzene rings is 2. The Bertz CT molecular complexity index is 1090. The molecule has 1 aliphatic rings. The summed E-state index contributed by atoms with van der Waals surface area (Å²) in [7, 11) is -2.47. The van der Waals surface area contributed by atoms with Gasteiger partial charge in [0.1, 0.15) is 10.6 Å². The number of sulfonamides is 1. The van der Waals surface area contributed by atoms with Crippen molar-refractivity contribution >= 4 is 33.2 Å². The maximum absolute atomic E-state index is 13.0. The molecule has 0 spiro atoms. The fourth-order valence-corrected chi connectivity index (χ4v) is 5.28. The molecule has 174 valence electrons. The summed E-state index contributed by atoms with van der Waals surface area (Å²) >= 11 is 5.95. The van der Waals surface area contributed by atoms with E-state index in [-0.39, 0.29) is 41.0 Å². The topological polar surface area (TPSA) is 80.2 Å². The monoisotopic (exact) mass is 492 g/mol. The largest absolute Gasteiger partial charge is 0.495 e. The first kappa shape index (κ1) is 24.3. The minimum Gasteiger partial charge on any atom is -0.495 e. The summed E-state index contributed by atoms with van der Waals surface area (Å²) in [5.41, 5.74) is -0.795. The molecule has 0 aliphatic carbocycles. The third kappa shape index (κ3) is 5.71. The fraction of sp³-hybridized carbons (Fsp3) is 0.350. The van der Waals surface area contributed by atoms with Gasteiger partial charge in [-0.2, -0.15) is 17.5 Å². The number of carbonyl (C=O) groups is 1. The Morgan fingerprint density at radius 2 is 1.88 bits per heavy atom. The number of methoxy groups -OCH3 is 1. The molecular weight excluding hydrogens is 471 g/mol. The summed E-state index contributed by atoms with van der Waals surface area (Å²) in [6, 6.07) is 8.74. The molecule has 2 aromatic rings. The van der Waals surface area contributed by atoms with Gasteiger partial charge in [-0.3, -0.25) is 4.79 Å².